The Labute approximate surface area is 113 Å². The van der Waals surface area contributed by atoms with Crippen molar-refractivity contribution in [3.05, 3.63) is 27.6 Å². The molecular weight excluding hydrogens is 246 g/mol. The predicted octanol–water partition coefficient (Wildman–Crippen LogP) is 1.60. The number of hydrogen-bond donors (Lipinski definition) is 2. The minimum atomic E-state index is 0.549. The summed E-state index contributed by atoms with van der Waals surface area (Å²) in [5.74, 6) is 1.66. The van der Waals surface area contributed by atoms with Gasteiger partial charge in [-0.3, -0.25) is 0 Å². The first kappa shape index (κ1) is 13.4. The van der Waals surface area contributed by atoms with E-state index in [1.165, 1.54) is 0 Å². The molecule has 0 radical (unpaired) electrons. The topological polar surface area (TPSA) is 40.7 Å². The van der Waals surface area contributed by atoms with Crippen molar-refractivity contribution in [3.63, 3.8) is 0 Å². The fraction of sp³-hybridized carbons (Fsp3) is 0.500. The second-order valence-corrected chi connectivity index (χ2v) is 4.95. The Bertz CT molecular complexity index is 536. The van der Waals surface area contributed by atoms with Crippen molar-refractivity contribution in [1.82, 2.24) is 15.3 Å². The fourth-order valence-corrected chi connectivity index (χ4v) is 2.36. The molecule has 1 saturated heterocycles. The van der Waals surface area contributed by atoms with E-state index in [2.05, 4.69) is 10.3 Å². The number of imidazole rings is 1. The van der Waals surface area contributed by atoms with E-state index in [-0.39, 0.29) is 0 Å². The molecule has 1 aromatic heterocycles. The van der Waals surface area contributed by atoms with Crippen LogP contribution in [0, 0.1) is 0 Å². The number of H-pyrrole nitrogens is 1. The van der Waals surface area contributed by atoms with E-state index in [9.17, 15) is 0 Å². The molecule has 0 bridgehead atoms. The number of hydrogen-bond acceptors (Lipinski definition) is 2. The Morgan fingerprint density at radius 1 is 1.39 bits per heavy atom. The number of piperidine rings is 1. The SMILES string of the molecule is C/C=c1/nc(C2CCNCC2)[nH]/c1=C/C(C)=C/Cl. The number of allylic oxidation sites excluding steroid dienone is 1. The molecule has 0 saturated carbocycles. The summed E-state index contributed by atoms with van der Waals surface area (Å²) in [4.78, 5) is 8.14. The first-order valence-electron chi connectivity index (χ1n) is 6.46. The second kappa shape index (κ2) is 6.21. The number of nitrogens with zero attached hydrogens (tertiary/aromatic N) is 1. The maximum atomic E-state index is 5.71. The Kier molecular flexibility index (Phi) is 4.61. The van der Waals surface area contributed by atoms with E-state index >= 15 is 0 Å². The summed E-state index contributed by atoms with van der Waals surface area (Å²) in [5.41, 5.74) is 2.62. The molecule has 18 heavy (non-hydrogen) atoms. The van der Waals surface area contributed by atoms with E-state index in [0.717, 1.165) is 48.0 Å². The van der Waals surface area contributed by atoms with Crippen LogP contribution in [0.3, 0.4) is 0 Å². The lowest BCUT2D eigenvalue weighted by atomic mass is 9.98. The zero-order valence-electron chi connectivity index (χ0n) is 11.0. The molecular formula is C14H20ClN3. The van der Waals surface area contributed by atoms with Gasteiger partial charge in [0.1, 0.15) is 5.82 Å². The van der Waals surface area contributed by atoms with E-state index in [0.29, 0.717) is 5.92 Å². The first-order chi connectivity index (χ1) is 8.74. The van der Waals surface area contributed by atoms with Gasteiger partial charge in [0, 0.05) is 11.5 Å². The molecule has 2 heterocycles. The normalized spacial score (nSPS) is 20.7. The Balaban J connectivity index is 2.38. The zero-order valence-corrected chi connectivity index (χ0v) is 11.7. The lowest BCUT2D eigenvalue weighted by Gasteiger charge is -2.20. The maximum absolute atomic E-state index is 5.71. The summed E-state index contributed by atoms with van der Waals surface area (Å²) in [7, 11) is 0. The Hall–Kier alpha value is -1.06. The monoisotopic (exact) mass is 265 g/mol. The molecule has 3 nitrogen and oxygen atoms in total. The first-order valence-corrected chi connectivity index (χ1v) is 6.90. The quantitative estimate of drug-likeness (QED) is 0.853. The largest absolute Gasteiger partial charge is 0.342 e. The van der Waals surface area contributed by atoms with Gasteiger partial charge in [-0.1, -0.05) is 17.7 Å². The number of nitrogens with one attached hydrogen (secondary N) is 2. The van der Waals surface area contributed by atoms with Crippen molar-refractivity contribution in [2.24, 2.45) is 0 Å². The summed E-state index contributed by atoms with van der Waals surface area (Å²) < 4.78 is 0. The van der Waals surface area contributed by atoms with Crippen LogP contribution in [-0.4, -0.2) is 23.1 Å². The predicted molar refractivity (Wildman–Crippen MR) is 76.9 cm³/mol. The highest BCUT2D eigenvalue weighted by Gasteiger charge is 2.17. The second-order valence-electron chi connectivity index (χ2n) is 4.73. The standard InChI is InChI=1S/C14H20ClN3/c1-3-12-13(8-10(2)9-15)18-14(17-12)11-4-6-16-7-5-11/h3,8-9,11,16H,4-7H2,1-2H3,(H,17,18)/b10-9+,12-3+,13-8+. The smallest absolute Gasteiger partial charge is 0.110 e. The molecule has 2 rings (SSSR count). The van der Waals surface area contributed by atoms with Gasteiger partial charge >= 0.3 is 0 Å². The molecule has 0 aliphatic carbocycles. The van der Waals surface area contributed by atoms with Gasteiger partial charge < -0.3 is 10.3 Å². The van der Waals surface area contributed by atoms with E-state index in [1.54, 1.807) is 5.54 Å². The fourth-order valence-electron chi connectivity index (χ4n) is 2.30. The molecule has 2 N–H and O–H groups in total. The van der Waals surface area contributed by atoms with Crippen LogP contribution in [0.5, 0.6) is 0 Å². The molecule has 1 aromatic rings. The van der Waals surface area contributed by atoms with Gasteiger partial charge in [0.05, 0.1) is 10.7 Å². The van der Waals surface area contributed by atoms with Crippen molar-refractivity contribution >= 4 is 23.8 Å². The lowest BCUT2D eigenvalue weighted by Crippen LogP contribution is -2.27. The number of aromatic amines is 1. The van der Waals surface area contributed by atoms with Crippen molar-refractivity contribution in [2.75, 3.05) is 13.1 Å². The van der Waals surface area contributed by atoms with Gasteiger partial charge in [0.2, 0.25) is 0 Å². The lowest BCUT2D eigenvalue weighted by molar-refractivity contribution is 0.447. The summed E-state index contributed by atoms with van der Waals surface area (Å²) >= 11 is 5.71. The van der Waals surface area contributed by atoms with Crippen LogP contribution in [0.25, 0.3) is 12.2 Å². The highest BCUT2D eigenvalue weighted by atomic mass is 35.5. The minimum Gasteiger partial charge on any atom is -0.342 e. The molecule has 0 aromatic carbocycles. The molecule has 0 atom stereocenters. The summed E-state index contributed by atoms with van der Waals surface area (Å²) in [5, 5.41) is 5.45. The van der Waals surface area contributed by atoms with Crippen molar-refractivity contribution in [3.8, 4) is 0 Å². The number of rotatable bonds is 2. The third kappa shape index (κ3) is 3.03. The van der Waals surface area contributed by atoms with Crippen LogP contribution in [0.15, 0.2) is 11.1 Å². The molecule has 0 spiro atoms. The summed E-state index contributed by atoms with van der Waals surface area (Å²) in [6, 6.07) is 0. The Morgan fingerprint density at radius 3 is 2.72 bits per heavy atom. The number of aromatic nitrogens is 2. The van der Waals surface area contributed by atoms with E-state index in [1.807, 2.05) is 26.0 Å². The third-order valence-corrected chi connectivity index (χ3v) is 3.67. The highest BCUT2D eigenvalue weighted by molar-refractivity contribution is 6.26. The average Bonchev–Trinajstić information content (AvgIpc) is 2.82. The summed E-state index contributed by atoms with van der Waals surface area (Å²) in [6.45, 7) is 6.16. The zero-order chi connectivity index (χ0) is 13.0. The molecule has 0 amide bonds. The van der Waals surface area contributed by atoms with Crippen LogP contribution >= 0.6 is 11.6 Å². The molecule has 4 heteroatoms. The van der Waals surface area contributed by atoms with Crippen LogP contribution in [0.2, 0.25) is 0 Å². The highest BCUT2D eigenvalue weighted by Crippen LogP contribution is 2.20. The Morgan fingerprint density at radius 2 is 2.11 bits per heavy atom. The molecule has 1 aliphatic heterocycles. The maximum Gasteiger partial charge on any atom is 0.110 e. The van der Waals surface area contributed by atoms with Gasteiger partial charge in [0.25, 0.3) is 0 Å². The molecule has 1 fully saturated rings. The van der Waals surface area contributed by atoms with E-state index < -0.39 is 0 Å². The molecule has 1 aliphatic rings. The van der Waals surface area contributed by atoms with Gasteiger partial charge in [0.15, 0.2) is 0 Å². The molecule has 98 valence electrons. The van der Waals surface area contributed by atoms with E-state index in [4.69, 9.17) is 16.6 Å². The van der Waals surface area contributed by atoms with Crippen molar-refractivity contribution in [1.29, 1.82) is 0 Å². The van der Waals surface area contributed by atoms with Crippen LogP contribution in [0.1, 0.15) is 38.4 Å². The van der Waals surface area contributed by atoms with Crippen LogP contribution in [-0.2, 0) is 0 Å². The van der Waals surface area contributed by atoms with Gasteiger partial charge in [-0.15, -0.1) is 0 Å². The third-order valence-electron chi connectivity index (χ3n) is 3.32. The summed E-state index contributed by atoms with van der Waals surface area (Å²) in [6.07, 6.45) is 6.38. The van der Waals surface area contributed by atoms with Gasteiger partial charge in [-0.2, -0.15) is 0 Å². The number of halogens is 1. The van der Waals surface area contributed by atoms with Gasteiger partial charge in [-0.25, -0.2) is 4.98 Å². The minimum absolute atomic E-state index is 0.549. The van der Waals surface area contributed by atoms with Gasteiger partial charge in [-0.05, 0) is 51.4 Å². The van der Waals surface area contributed by atoms with Crippen LogP contribution < -0.4 is 16.0 Å². The average molecular weight is 266 g/mol. The van der Waals surface area contributed by atoms with Crippen LogP contribution in [0.4, 0.5) is 0 Å². The van der Waals surface area contributed by atoms with Crippen molar-refractivity contribution < 1.29 is 0 Å². The molecule has 0 unspecified atom stereocenters. The van der Waals surface area contributed by atoms with Crippen molar-refractivity contribution in [2.45, 2.75) is 32.6 Å².